The molecular formula is C25H21ClN4O4S. The Balaban J connectivity index is 1.72. The number of aromatic nitrogens is 2. The number of amides is 1. The van der Waals surface area contributed by atoms with Gasteiger partial charge in [0.05, 0.1) is 27.3 Å². The maximum atomic E-state index is 13.5. The summed E-state index contributed by atoms with van der Waals surface area (Å²) >= 11 is 7.03. The van der Waals surface area contributed by atoms with Gasteiger partial charge in [-0.2, -0.15) is 0 Å². The average Bonchev–Trinajstić information content (AvgIpc) is 2.82. The molecular weight excluding hydrogens is 488 g/mol. The lowest BCUT2D eigenvalue weighted by Crippen LogP contribution is -2.24. The second-order valence-corrected chi connectivity index (χ2v) is 9.40. The van der Waals surface area contributed by atoms with Crippen LogP contribution in [0.1, 0.15) is 25.3 Å². The molecule has 0 fully saturated rings. The molecule has 1 N–H and O–H groups in total. The van der Waals surface area contributed by atoms with Gasteiger partial charge in [-0.1, -0.05) is 67.5 Å². The van der Waals surface area contributed by atoms with Crippen LogP contribution in [0.5, 0.6) is 0 Å². The topological polar surface area (TPSA) is 107 Å². The van der Waals surface area contributed by atoms with Gasteiger partial charge in [-0.15, -0.1) is 0 Å². The molecule has 0 aliphatic carbocycles. The number of carbonyl (C=O) groups excluding carboxylic acids is 1. The summed E-state index contributed by atoms with van der Waals surface area (Å²) in [6.07, 6.45) is 0. The number of nitrogens with one attached hydrogen (secondary N) is 1. The normalized spacial score (nSPS) is 11.1. The van der Waals surface area contributed by atoms with Crippen molar-refractivity contribution in [3.8, 4) is 5.69 Å². The molecule has 1 aromatic heterocycles. The molecule has 0 spiro atoms. The first kappa shape index (κ1) is 24.4. The number of thioether (sulfide) groups is 1. The van der Waals surface area contributed by atoms with Crippen molar-refractivity contribution in [2.75, 3.05) is 11.1 Å². The molecule has 8 nitrogen and oxygen atoms in total. The Morgan fingerprint density at radius 2 is 1.86 bits per heavy atom. The number of halogens is 1. The highest BCUT2D eigenvalue weighted by atomic mass is 35.5. The molecule has 3 aromatic carbocycles. The molecule has 0 saturated carbocycles. The lowest BCUT2D eigenvalue weighted by Gasteiger charge is -2.18. The van der Waals surface area contributed by atoms with Gasteiger partial charge in [-0.05, 0) is 41.8 Å². The monoisotopic (exact) mass is 508 g/mol. The number of rotatable bonds is 7. The molecule has 0 aliphatic heterocycles. The predicted octanol–water partition coefficient (Wildman–Crippen LogP) is 5.80. The Morgan fingerprint density at radius 1 is 1.14 bits per heavy atom. The molecule has 0 atom stereocenters. The lowest BCUT2D eigenvalue weighted by atomic mass is 10.0. The van der Waals surface area contributed by atoms with E-state index in [-0.39, 0.29) is 33.6 Å². The Kier molecular flexibility index (Phi) is 7.18. The van der Waals surface area contributed by atoms with Gasteiger partial charge in [0.15, 0.2) is 5.16 Å². The van der Waals surface area contributed by atoms with Gasteiger partial charge < -0.3 is 5.32 Å². The quantitative estimate of drug-likeness (QED) is 0.146. The van der Waals surface area contributed by atoms with Crippen LogP contribution in [0.3, 0.4) is 0 Å². The number of nitro groups is 1. The van der Waals surface area contributed by atoms with Crippen LogP contribution in [0.2, 0.25) is 5.02 Å². The van der Waals surface area contributed by atoms with Crippen molar-refractivity contribution in [1.29, 1.82) is 0 Å². The Morgan fingerprint density at radius 3 is 2.60 bits per heavy atom. The summed E-state index contributed by atoms with van der Waals surface area (Å²) in [7, 11) is 0. The highest BCUT2D eigenvalue weighted by Gasteiger charge is 2.20. The van der Waals surface area contributed by atoms with E-state index in [2.05, 4.69) is 10.3 Å². The first-order valence-corrected chi connectivity index (χ1v) is 12.1. The highest BCUT2D eigenvalue weighted by molar-refractivity contribution is 7.99. The Labute approximate surface area is 210 Å². The summed E-state index contributed by atoms with van der Waals surface area (Å²) in [4.78, 5) is 41.6. The van der Waals surface area contributed by atoms with Crippen molar-refractivity contribution in [2.45, 2.75) is 24.9 Å². The Bertz CT molecular complexity index is 1500. The fraction of sp³-hybridized carbons (Fsp3) is 0.160. The van der Waals surface area contributed by atoms with Crippen LogP contribution in [-0.4, -0.2) is 26.1 Å². The third-order valence-electron chi connectivity index (χ3n) is 5.31. The maximum absolute atomic E-state index is 13.5. The van der Waals surface area contributed by atoms with Crippen molar-refractivity contribution in [3.63, 3.8) is 0 Å². The molecule has 0 saturated heterocycles. The van der Waals surface area contributed by atoms with E-state index in [1.807, 2.05) is 38.1 Å². The molecule has 1 heterocycles. The molecule has 0 unspecified atom stereocenters. The van der Waals surface area contributed by atoms with Crippen LogP contribution in [0.25, 0.3) is 16.6 Å². The fourth-order valence-electron chi connectivity index (χ4n) is 3.68. The van der Waals surface area contributed by atoms with Crippen LogP contribution in [0.4, 0.5) is 11.4 Å². The van der Waals surface area contributed by atoms with E-state index in [9.17, 15) is 19.7 Å². The van der Waals surface area contributed by atoms with Gasteiger partial charge in [-0.25, -0.2) is 4.98 Å². The first-order valence-electron chi connectivity index (χ1n) is 10.7. The van der Waals surface area contributed by atoms with Crippen molar-refractivity contribution in [3.05, 3.63) is 97.8 Å². The number of nitrogens with zero attached hydrogens (tertiary/aromatic N) is 3. The average molecular weight is 509 g/mol. The molecule has 4 aromatic rings. The third kappa shape index (κ3) is 5.21. The van der Waals surface area contributed by atoms with Crippen molar-refractivity contribution < 1.29 is 9.72 Å². The number of hydrogen-bond donors (Lipinski definition) is 1. The molecule has 178 valence electrons. The van der Waals surface area contributed by atoms with E-state index >= 15 is 0 Å². The molecule has 4 rings (SSSR count). The van der Waals surface area contributed by atoms with Gasteiger partial charge in [0, 0.05) is 11.1 Å². The molecule has 10 heteroatoms. The summed E-state index contributed by atoms with van der Waals surface area (Å²) in [5, 5.41) is 14.9. The minimum atomic E-state index is -0.593. The molecule has 0 radical (unpaired) electrons. The van der Waals surface area contributed by atoms with Crippen molar-refractivity contribution in [2.24, 2.45) is 0 Å². The maximum Gasteiger partial charge on any atom is 0.292 e. The van der Waals surface area contributed by atoms with E-state index in [1.54, 1.807) is 24.3 Å². The lowest BCUT2D eigenvalue weighted by molar-refractivity contribution is -0.383. The minimum Gasteiger partial charge on any atom is -0.320 e. The molecule has 0 aliphatic rings. The van der Waals surface area contributed by atoms with Crippen LogP contribution in [0, 0.1) is 10.1 Å². The van der Waals surface area contributed by atoms with E-state index in [0.29, 0.717) is 21.7 Å². The standard InChI is InChI=1S/C25H21ClN4O4S/c1-15(2)17-7-4-6-10-21(17)29-24(32)18-8-3-5-9-19(18)28-25(29)35-14-23(31)27-20-13-16(26)11-12-22(20)30(33)34/h3-13,15H,14H2,1-2H3,(H,27,31). The summed E-state index contributed by atoms with van der Waals surface area (Å²) in [6, 6.07) is 18.6. The van der Waals surface area contributed by atoms with Gasteiger partial charge in [0.25, 0.3) is 11.2 Å². The zero-order chi connectivity index (χ0) is 25.1. The first-order chi connectivity index (χ1) is 16.8. The Hall–Kier alpha value is -3.69. The zero-order valence-corrected chi connectivity index (χ0v) is 20.5. The molecule has 0 bridgehead atoms. The highest BCUT2D eigenvalue weighted by Crippen LogP contribution is 2.29. The van der Waals surface area contributed by atoms with Crippen LogP contribution in [0.15, 0.2) is 76.7 Å². The predicted molar refractivity (Wildman–Crippen MR) is 139 cm³/mol. The van der Waals surface area contributed by atoms with Gasteiger partial charge >= 0.3 is 0 Å². The second-order valence-electron chi connectivity index (χ2n) is 8.02. The number of carbonyl (C=O) groups is 1. The summed E-state index contributed by atoms with van der Waals surface area (Å²) < 4.78 is 1.53. The van der Waals surface area contributed by atoms with Gasteiger partial charge in [0.1, 0.15) is 5.69 Å². The SMILES string of the molecule is CC(C)c1ccccc1-n1c(SCC(=O)Nc2cc(Cl)ccc2[N+](=O)[O-])nc2ccccc2c1=O. The largest absolute Gasteiger partial charge is 0.320 e. The van der Waals surface area contributed by atoms with Crippen LogP contribution >= 0.6 is 23.4 Å². The van der Waals surface area contributed by atoms with Gasteiger partial charge in [-0.3, -0.25) is 24.3 Å². The second kappa shape index (κ2) is 10.3. The van der Waals surface area contributed by atoms with E-state index in [4.69, 9.17) is 11.6 Å². The summed E-state index contributed by atoms with van der Waals surface area (Å²) in [6.45, 7) is 4.08. The number of anilines is 1. The minimum absolute atomic E-state index is 0.00196. The number of nitro benzene ring substituents is 1. The molecule has 1 amide bonds. The van der Waals surface area contributed by atoms with E-state index < -0.39 is 10.8 Å². The van der Waals surface area contributed by atoms with E-state index in [0.717, 1.165) is 17.3 Å². The van der Waals surface area contributed by atoms with E-state index in [1.165, 1.54) is 22.8 Å². The smallest absolute Gasteiger partial charge is 0.292 e. The van der Waals surface area contributed by atoms with Crippen molar-refractivity contribution in [1.82, 2.24) is 9.55 Å². The van der Waals surface area contributed by atoms with Crippen molar-refractivity contribution >= 4 is 51.5 Å². The third-order valence-corrected chi connectivity index (χ3v) is 6.48. The molecule has 35 heavy (non-hydrogen) atoms. The number of hydrogen-bond acceptors (Lipinski definition) is 6. The van der Waals surface area contributed by atoms with Crippen LogP contribution in [-0.2, 0) is 4.79 Å². The zero-order valence-electron chi connectivity index (χ0n) is 18.9. The number of benzene rings is 3. The summed E-state index contributed by atoms with van der Waals surface area (Å²) in [5.74, 6) is -0.473. The van der Waals surface area contributed by atoms with Crippen LogP contribution < -0.4 is 10.9 Å². The van der Waals surface area contributed by atoms with Gasteiger partial charge in [0.2, 0.25) is 5.91 Å². The summed E-state index contributed by atoms with van der Waals surface area (Å²) in [5.41, 5.74) is 1.68. The number of para-hydroxylation sites is 2. The number of fused-ring (bicyclic) bond motifs is 1. The fourth-order valence-corrected chi connectivity index (χ4v) is 4.66.